The second kappa shape index (κ2) is 7.93. The number of thiophene rings is 1. The second-order valence-corrected chi connectivity index (χ2v) is 11.7. The smallest absolute Gasteiger partial charge is 0.287 e. The second-order valence-electron chi connectivity index (χ2n) is 10.7. The third-order valence-electron chi connectivity index (χ3n) is 8.47. The van der Waals surface area contributed by atoms with E-state index in [1.165, 1.54) is 37.0 Å². The summed E-state index contributed by atoms with van der Waals surface area (Å²) in [5.74, 6) is 3.53. The van der Waals surface area contributed by atoms with Gasteiger partial charge < -0.3 is 9.47 Å². The predicted octanol–water partition coefficient (Wildman–Crippen LogP) is 6.13. The molecule has 7 aromatic rings. The number of para-hydroxylation sites is 1. The lowest BCUT2D eigenvalue weighted by Gasteiger charge is -2.32. The molecule has 0 fully saturated rings. The SMILES string of the molecule is Cc1c(-c2c3sc4cc5c(cc4c3nc[n+]2C)B2c3ccccc3Oc3cccc(c32)O5)ccc2ccccc12. The minimum atomic E-state index is 0.0428. The summed E-state index contributed by atoms with van der Waals surface area (Å²) in [6.07, 6.45) is 1.95. The van der Waals surface area contributed by atoms with Crippen LogP contribution < -0.4 is 30.4 Å². The fraction of sp³-hybridized carbons (Fsp3) is 0.0588. The summed E-state index contributed by atoms with van der Waals surface area (Å²) in [5, 5.41) is 3.70. The van der Waals surface area contributed by atoms with Crippen molar-refractivity contribution in [2.45, 2.75) is 6.92 Å². The molecule has 2 aliphatic heterocycles. The summed E-state index contributed by atoms with van der Waals surface area (Å²) >= 11 is 1.79. The van der Waals surface area contributed by atoms with Gasteiger partial charge in [-0.25, -0.2) is 4.57 Å². The zero-order valence-electron chi connectivity index (χ0n) is 21.9. The van der Waals surface area contributed by atoms with Crippen molar-refractivity contribution in [3.8, 4) is 34.3 Å². The average Bonchev–Trinajstić information content (AvgIpc) is 3.34. The van der Waals surface area contributed by atoms with E-state index < -0.39 is 0 Å². The van der Waals surface area contributed by atoms with Gasteiger partial charge in [-0.15, -0.1) is 11.3 Å². The normalized spacial score (nSPS) is 13.1. The molecule has 2 aromatic heterocycles. The Balaban J connectivity index is 1.32. The monoisotopic (exact) mass is 533 g/mol. The molecule has 0 saturated heterocycles. The van der Waals surface area contributed by atoms with E-state index >= 15 is 0 Å². The van der Waals surface area contributed by atoms with Crippen molar-refractivity contribution < 1.29 is 14.0 Å². The Morgan fingerprint density at radius 1 is 0.750 bits per heavy atom. The topological polar surface area (TPSA) is 35.2 Å². The number of aromatic nitrogens is 2. The minimum Gasteiger partial charge on any atom is -0.458 e. The Kier molecular flexibility index (Phi) is 4.40. The van der Waals surface area contributed by atoms with Gasteiger partial charge in [-0.3, -0.25) is 0 Å². The fourth-order valence-electron chi connectivity index (χ4n) is 6.60. The van der Waals surface area contributed by atoms with Crippen molar-refractivity contribution >= 4 is 65.5 Å². The molecule has 4 heterocycles. The molecule has 0 radical (unpaired) electrons. The van der Waals surface area contributed by atoms with Crippen molar-refractivity contribution in [1.29, 1.82) is 0 Å². The first-order valence-electron chi connectivity index (χ1n) is 13.5. The molecule has 2 aliphatic rings. The van der Waals surface area contributed by atoms with E-state index in [2.05, 4.69) is 85.3 Å². The van der Waals surface area contributed by atoms with Crippen LogP contribution in [0.1, 0.15) is 5.56 Å². The molecule has 4 nitrogen and oxygen atoms in total. The summed E-state index contributed by atoms with van der Waals surface area (Å²) in [6.45, 7) is 2.27. The Labute approximate surface area is 235 Å². The number of nitrogens with zero attached hydrogens (tertiary/aromatic N) is 2. The highest BCUT2D eigenvalue weighted by Crippen LogP contribution is 2.42. The quantitative estimate of drug-likeness (QED) is 0.188. The van der Waals surface area contributed by atoms with Crippen molar-refractivity contribution in [2.24, 2.45) is 7.05 Å². The van der Waals surface area contributed by atoms with Crippen molar-refractivity contribution in [3.05, 3.63) is 103 Å². The first kappa shape index (κ1) is 22.2. The van der Waals surface area contributed by atoms with Gasteiger partial charge in [0.1, 0.15) is 27.7 Å². The van der Waals surface area contributed by atoms with Crippen LogP contribution in [0.15, 0.2) is 97.3 Å². The number of hydrogen-bond acceptors (Lipinski definition) is 4. The molecular formula is C34H22BN2O2S+. The lowest BCUT2D eigenvalue weighted by Crippen LogP contribution is -2.57. The predicted molar refractivity (Wildman–Crippen MR) is 164 cm³/mol. The van der Waals surface area contributed by atoms with E-state index in [9.17, 15) is 0 Å². The minimum absolute atomic E-state index is 0.0428. The molecule has 0 spiro atoms. The number of rotatable bonds is 1. The molecule has 0 bridgehead atoms. The Morgan fingerprint density at radius 3 is 2.42 bits per heavy atom. The molecule has 5 aromatic carbocycles. The zero-order valence-corrected chi connectivity index (χ0v) is 22.8. The highest BCUT2D eigenvalue weighted by Gasteiger charge is 2.40. The highest BCUT2D eigenvalue weighted by atomic mass is 32.1. The third-order valence-corrected chi connectivity index (χ3v) is 9.62. The third kappa shape index (κ3) is 2.91. The zero-order chi connectivity index (χ0) is 26.5. The largest absolute Gasteiger partial charge is 0.458 e. The van der Waals surface area contributed by atoms with Gasteiger partial charge in [0, 0.05) is 21.1 Å². The van der Waals surface area contributed by atoms with Crippen LogP contribution in [0.5, 0.6) is 23.0 Å². The summed E-state index contributed by atoms with van der Waals surface area (Å²) < 4.78 is 17.4. The van der Waals surface area contributed by atoms with Crippen molar-refractivity contribution in [3.63, 3.8) is 0 Å². The van der Waals surface area contributed by atoms with Crippen LogP contribution in [-0.4, -0.2) is 11.7 Å². The van der Waals surface area contributed by atoms with E-state index in [1.54, 1.807) is 11.3 Å². The van der Waals surface area contributed by atoms with E-state index in [-0.39, 0.29) is 6.71 Å². The van der Waals surface area contributed by atoms with Crippen molar-refractivity contribution in [1.82, 2.24) is 4.98 Å². The van der Waals surface area contributed by atoms with Crippen LogP contribution in [0.2, 0.25) is 0 Å². The number of benzene rings is 5. The van der Waals surface area contributed by atoms with E-state index in [0.717, 1.165) is 50.3 Å². The van der Waals surface area contributed by atoms with Crippen LogP contribution in [-0.2, 0) is 7.05 Å². The Bertz CT molecular complexity index is 2220. The molecule has 0 unspecified atom stereocenters. The first-order valence-corrected chi connectivity index (χ1v) is 14.3. The van der Waals surface area contributed by atoms with Gasteiger partial charge in [-0.1, -0.05) is 60.7 Å². The molecule has 0 amide bonds. The molecule has 0 saturated carbocycles. The maximum absolute atomic E-state index is 6.55. The first-order chi connectivity index (χ1) is 19.7. The van der Waals surface area contributed by atoms with E-state index in [0.29, 0.717) is 0 Å². The van der Waals surface area contributed by atoms with Gasteiger partial charge in [0.15, 0.2) is 5.69 Å². The number of ether oxygens (including phenoxy) is 2. The summed E-state index contributed by atoms with van der Waals surface area (Å²) in [5.41, 5.74) is 8.15. The van der Waals surface area contributed by atoms with Gasteiger partial charge in [0.2, 0.25) is 5.52 Å². The van der Waals surface area contributed by atoms with E-state index in [4.69, 9.17) is 14.5 Å². The lowest BCUT2D eigenvalue weighted by molar-refractivity contribution is -0.662. The Morgan fingerprint density at radius 2 is 1.52 bits per heavy atom. The molecule has 0 aliphatic carbocycles. The van der Waals surface area contributed by atoms with Crippen LogP contribution >= 0.6 is 11.3 Å². The van der Waals surface area contributed by atoms with Gasteiger partial charge in [0.05, 0.1) is 7.05 Å². The van der Waals surface area contributed by atoms with Crippen LogP contribution in [0, 0.1) is 6.92 Å². The maximum atomic E-state index is 6.55. The van der Waals surface area contributed by atoms with E-state index in [1.807, 2.05) is 30.6 Å². The van der Waals surface area contributed by atoms with Crippen molar-refractivity contribution in [2.75, 3.05) is 0 Å². The summed E-state index contributed by atoms with van der Waals surface area (Å²) in [4.78, 5) is 4.97. The fourth-order valence-corrected chi connectivity index (χ4v) is 7.86. The molecule has 40 heavy (non-hydrogen) atoms. The summed E-state index contributed by atoms with van der Waals surface area (Å²) in [7, 11) is 2.09. The maximum Gasteiger partial charge on any atom is 0.287 e. The number of aryl methyl sites for hydroxylation is 2. The van der Waals surface area contributed by atoms with Gasteiger partial charge in [-0.05, 0) is 69.5 Å². The van der Waals surface area contributed by atoms with Crippen LogP contribution in [0.25, 0.3) is 42.3 Å². The molecular weight excluding hydrogens is 511 g/mol. The van der Waals surface area contributed by atoms with Gasteiger partial charge in [-0.2, -0.15) is 0 Å². The molecule has 188 valence electrons. The Hall–Kier alpha value is -4.68. The van der Waals surface area contributed by atoms with Gasteiger partial charge >= 0.3 is 0 Å². The number of fused-ring (bicyclic) bond motifs is 8. The van der Waals surface area contributed by atoms with Crippen LogP contribution in [0.3, 0.4) is 0 Å². The summed E-state index contributed by atoms with van der Waals surface area (Å²) in [6, 6.07) is 32.0. The van der Waals surface area contributed by atoms with Gasteiger partial charge in [0.25, 0.3) is 13.0 Å². The molecule has 9 rings (SSSR count). The lowest BCUT2D eigenvalue weighted by atomic mass is 9.35. The van der Waals surface area contributed by atoms with Crippen LogP contribution in [0.4, 0.5) is 0 Å². The number of hydrogen-bond donors (Lipinski definition) is 0. The average molecular weight is 533 g/mol. The molecule has 0 atom stereocenters. The highest BCUT2D eigenvalue weighted by molar-refractivity contribution is 7.26. The molecule has 6 heteroatoms. The standard InChI is InChI=1S/C34H22BN2O2S/c1-19-21-9-4-3-8-20(21)14-15-22(19)33-34-32(36-18-37(33)2)23-16-25-29(17-30(23)40-34)39-28-13-7-12-27-31(28)35(25)24-10-5-6-11-26(24)38-27/h3-18H,1-2H3/q+1. The molecule has 0 N–H and O–H groups in total.